The summed E-state index contributed by atoms with van der Waals surface area (Å²) in [5.74, 6) is 0.0152. The van der Waals surface area contributed by atoms with E-state index in [1.807, 2.05) is 53.4 Å². The molecule has 2 N–H and O–H groups in total. The average molecular weight is 538 g/mol. The second-order valence-electron chi connectivity index (χ2n) is 8.89. The minimum atomic E-state index is -0.864. The molecule has 0 aliphatic carbocycles. The van der Waals surface area contributed by atoms with Crippen LogP contribution in [-0.2, 0) is 22.7 Å². The van der Waals surface area contributed by atoms with Crippen molar-refractivity contribution in [2.45, 2.75) is 26.5 Å². The van der Waals surface area contributed by atoms with E-state index < -0.39 is 5.97 Å². The largest absolute Gasteiger partial charge is 0.481 e. The summed E-state index contributed by atoms with van der Waals surface area (Å²) < 4.78 is 11.1. The maximum atomic E-state index is 11.0. The molecule has 0 unspecified atom stereocenters. The van der Waals surface area contributed by atoms with Crippen LogP contribution in [-0.4, -0.2) is 58.0 Å². The first-order valence-corrected chi connectivity index (χ1v) is 12.1. The molecular formula is C29H32ClN3O5. The number of carboxylic acids is 1. The molecule has 3 aromatic carbocycles. The lowest BCUT2D eigenvalue weighted by Crippen LogP contribution is -2.28. The Kier molecular flexibility index (Phi) is 10.6. The number of aliphatic hydroxyl groups is 1. The average Bonchev–Trinajstić information content (AvgIpc) is 3.39. The Bertz CT molecular complexity index is 1360. The topological polar surface area (TPSA) is 109 Å². The molecule has 0 fully saturated rings. The Morgan fingerprint density at radius 1 is 1.00 bits per heavy atom. The minimum absolute atomic E-state index is 0. The molecule has 0 saturated heterocycles. The summed E-state index contributed by atoms with van der Waals surface area (Å²) in [5, 5.41) is 22.5. The molecular weight excluding hydrogens is 506 g/mol. The van der Waals surface area contributed by atoms with Gasteiger partial charge in [0.1, 0.15) is 0 Å². The Labute approximate surface area is 228 Å². The number of aryl methyl sites for hydroxylation is 1. The molecule has 1 aromatic heterocycles. The molecule has 38 heavy (non-hydrogen) atoms. The highest BCUT2D eigenvalue weighted by Crippen LogP contribution is 2.31. The molecule has 0 saturated carbocycles. The molecule has 0 aliphatic rings. The number of methoxy groups -OCH3 is 1. The smallest absolute Gasteiger partial charge is 0.304 e. The third kappa shape index (κ3) is 7.26. The van der Waals surface area contributed by atoms with Gasteiger partial charge in [-0.1, -0.05) is 53.7 Å². The van der Waals surface area contributed by atoms with Crippen molar-refractivity contribution in [3.63, 3.8) is 0 Å². The molecule has 0 amide bonds. The van der Waals surface area contributed by atoms with Crippen LogP contribution in [0.5, 0.6) is 0 Å². The lowest BCUT2D eigenvalue weighted by molar-refractivity contribution is -0.137. The molecule has 4 rings (SSSR count). The standard InChI is InChI=1S/C29H31N3O5.ClH/c1-20-6-3-4-9-25(20)26-11-10-23(17-24(26)19-36-2)29-30-28(31-37-29)22-8-5-7-21(16-22)18-32(14-15-33)13-12-27(34)35;/h3-11,16-17,33H,12-15,18-19H2,1-2H3,(H,34,35);1H. The van der Waals surface area contributed by atoms with Crippen LogP contribution in [0.4, 0.5) is 0 Å². The molecule has 9 heteroatoms. The number of carboxylic acid groups (broad SMARTS) is 1. The summed E-state index contributed by atoms with van der Waals surface area (Å²) in [5.41, 5.74) is 7.04. The van der Waals surface area contributed by atoms with Gasteiger partial charge in [0.05, 0.1) is 19.6 Å². The second-order valence-corrected chi connectivity index (χ2v) is 8.89. The molecule has 8 nitrogen and oxygen atoms in total. The fourth-order valence-corrected chi connectivity index (χ4v) is 4.33. The summed E-state index contributed by atoms with van der Waals surface area (Å²) in [6.07, 6.45) is 0.0155. The van der Waals surface area contributed by atoms with Crippen molar-refractivity contribution in [3.8, 4) is 34.0 Å². The lowest BCUT2D eigenvalue weighted by atomic mass is 9.94. The van der Waals surface area contributed by atoms with E-state index in [4.69, 9.17) is 14.4 Å². The number of hydrogen-bond donors (Lipinski definition) is 2. The van der Waals surface area contributed by atoms with Gasteiger partial charge in [-0.2, -0.15) is 4.98 Å². The molecule has 4 aromatic rings. The van der Waals surface area contributed by atoms with E-state index in [0.29, 0.717) is 38.0 Å². The van der Waals surface area contributed by atoms with Crippen LogP contribution in [0, 0.1) is 6.92 Å². The number of aliphatic hydroxyl groups excluding tert-OH is 1. The summed E-state index contributed by atoms with van der Waals surface area (Å²) in [4.78, 5) is 17.5. The zero-order valence-corrected chi connectivity index (χ0v) is 22.3. The van der Waals surface area contributed by atoms with Gasteiger partial charge in [-0.15, -0.1) is 12.4 Å². The summed E-state index contributed by atoms with van der Waals surface area (Å²) in [6.45, 7) is 3.76. The van der Waals surface area contributed by atoms with E-state index in [1.165, 1.54) is 5.56 Å². The van der Waals surface area contributed by atoms with Gasteiger partial charge in [0.15, 0.2) is 0 Å². The van der Waals surface area contributed by atoms with Gasteiger partial charge in [0.25, 0.3) is 5.89 Å². The number of carbonyl (C=O) groups is 1. The van der Waals surface area contributed by atoms with Crippen LogP contribution in [0.3, 0.4) is 0 Å². The van der Waals surface area contributed by atoms with E-state index in [2.05, 4.69) is 35.3 Å². The number of benzene rings is 3. The highest BCUT2D eigenvalue weighted by molar-refractivity contribution is 5.85. The van der Waals surface area contributed by atoms with Gasteiger partial charge >= 0.3 is 5.97 Å². The van der Waals surface area contributed by atoms with Crippen LogP contribution >= 0.6 is 12.4 Å². The van der Waals surface area contributed by atoms with Crippen LogP contribution in [0.25, 0.3) is 34.0 Å². The third-order valence-corrected chi connectivity index (χ3v) is 6.16. The first-order chi connectivity index (χ1) is 18.0. The van der Waals surface area contributed by atoms with Crippen molar-refractivity contribution in [1.29, 1.82) is 0 Å². The Morgan fingerprint density at radius 3 is 2.55 bits per heavy atom. The number of hydrogen-bond acceptors (Lipinski definition) is 7. The molecule has 0 radical (unpaired) electrons. The van der Waals surface area contributed by atoms with E-state index in [1.54, 1.807) is 7.11 Å². The number of aromatic nitrogens is 2. The Balaban J connectivity index is 0.00000400. The van der Waals surface area contributed by atoms with E-state index in [-0.39, 0.29) is 25.4 Å². The first-order valence-electron chi connectivity index (χ1n) is 12.1. The quantitative estimate of drug-likeness (QED) is 0.253. The maximum Gasteiger partial charge on any atom is 0.304 e. The summed E-state index contributed by atoms with van der Waals surface area (Å²) >= 11 is 0. The van der Waals surface area contributed by atoms with Crippen LogP contribution in [0.1, 0.15) is 23.1 Å². The predicted molar refractivity (Wildman–Crippen MR) is 148 cm³/mol. The number of aliphatic carboxylic acids is 1. The molecule has 0 bridgehead atoms. The number of halogens is 1. The van der Waals surface area contributed by atoms with Crippen LogP contribution < -0.4 is 0 Å². The van der Waals surface area contributed by atoms with Gasteiger partial charge in [0.2, 0.25) is 5.82 Å². The molecule has 0 spiro atoms. The second kappa shape index (κ2) is 13.8. The molecule has 1 heterocycles. The number of rotatable bonds is 12. The van der Waals surface area contributed by atoms with Gasteiger partial charge in [-0.05, 0) is 52.9 Å². The third-order valence-electron chi connectivity index (χ3n) is 6.16. The zero-order chi connectivity index (χ0) is 26.2. The highest BCUT2D eigenvalue weighted by atomic mass is 35.5. The van der Waals surface area contributed by atoms with Crippen molar-refractivity contribution in [3.05, 3.63) is 83.4 Å². The fraction of sp³-hybridized carbons (Fsp3) is 0.276. The Hall–Kier alpha value is -3.56. The molecule has 0 aliphatic heterocycles. The van der Waals surface area contributed by atoms with E-state index >= 15 is 0 Å². The monoisotopic (exact) mass is 537 g/mol. The van der Waals surface area contributed by atoms with Gasteiger partial charge in [-0.25, -0.2) is 0 Å². The summed E-state index contributed by atoms with van der Waals surface area (Å²) in [7, 11) is 1.68. The molecule has 200 valence electrons. The van der Waals surface area contributed by atoms with Gasteiger partial charge < -0.3 is 19.5 Å². The predicted octanol–water partition coefficient (Wildman–Crippen LogP) is 5.22. The lowest BCUT2D eigenvalue weighted by Gasteiger charge is -2.20. The zero-order valence-electron chi connectivity index (χ0n) is 21.5. The van der Waals surface area contributed by atoms with E-state index in [0.717, 1.165) is 33.4 Å². The minimum Gasteiger partial charge on any atom is -0.481 e. The van der Waals surface area contributed by atoms with Crippen molar-refractivity contribution >= 4 is 18.4 Å². The first kappa shape index (κ1) is 29.0. The van der Waals surface area contributed by atoms with Crippen molar-refractivity contribution in [2.24, 2.45) is 0 Å². The van der Waals surface area contributed by atoms with Crippen molar-refractivity contribution in [2.75, 3.05) is 26.8 Å². The van der Waals surface area contributed by atoms with Gasteiger partial charge in [-0.3, -0.25) is 9.69 Å². The fourth-order valence-electron chi connectivity index (χ4n) is 4.33. The Morgan fingerprint density at radius 2 is 1.82 bits per heavy atom. The normalized spacial score (nSPS) is 10.9. The summed E-state index contributed by atoms with van der Waals surface area (Å²) in [6, 6.07) is 22.0. The maximum absolute atomic E-state index is 11.0. The van der Waals surface area contributed by atoms with Gasteiger partial charge in [0, 0.05) is 37.9 Å². The van der Waals surface area contributed by atoms with Crippen molar-refractivity contribution in [1.82, 2.24) is 15.0 Å². The highest BCUT2D eigenvalue weighted by Gasteiger charge is 2.15. The van der Waals surface area contributed by atoms with E-state index in [9.17, 15) is 9.90 Å². The molecule has 0 atom stereocenters. The SMILES string of the molecule is COCc1cc(-c2nc(-c3cccc(CN(CCO)CCC(=O)O)c3)no2)ccc1-c1ccccc1C.Cl. The van der Waals surface area contributed by atoms with Crippen LogP contribution in [0.2, 0.25) is 0 Å². The number of ether oxygens (including phenoxy) is 1. The van der Waals surface area contributed by atoms with Crippen LogP contribution in [0.15, 0.2) is 71.3 Å². The van der Waals surface area contributed by atoms with Crippen molar-refractivity contribution < 1.29 is 24.3 Å². The number of nitrogens with zero attached hydrogens (tertiary/aromatic N) is 3.